The van der Waals surface area contributed by atoms with Gasteiger partial charge < -0.3 is 5.73 Å². The number of nitrogen functional groups attached to an aromatic ring is 1. The summed E-state index contributed by atoms with van der Waals surface area (Å²) in [6, 6.07) is 0. The number of rotatable bonds is 2. The maximum Gasteiger partial charge on any atom is 0.289 e. The highest BCUT2D eigenvalue weighted by molar-refractivity contribution is 5.39. The molecular formula is C6H8F3N3. The van der Waals surface area contributed by atoms with Crippen molar-refractivity contribution in [2.45, 2.75) is 19.6 Å². The lowest BCUT2D eigenvalue weighted by molar-refractivity contribution is 0.000660. The molecule has 1 aromatic rings. The van der Waals surface area contributed by atoms with E-state index in [0.29, 0.717) is 10.4 Å². The molecule has 1 unspecified atom stereocenters. The number of hydrogen-bond donors (Lipinski definition) is 1. The second-order valence-corrected chi connectivity index (χ2v) is 2.36. The molecule has 0 aromatic carbocycles. The van der Waals surface area contributed by atoms with E-state index in [1.807, 2.05) is 0 Å². The van der Waals surface area contributed by atoms with Gasteiger partial charge in [0.15, 0.2) is 0 Å². The molecule has 1 heterocycles. The maximum absolute atomic E-state index is 12.5. The molecule has 6 heteroatoms. The lowest BCUT2D eigenvalue weighted by atomic mass is 10.4. The van der Waals surface area contributed by atoms with Crippen LogP contribution in [0.5, 0.6) is 0 Å². The molecule has 0 aliphatic rings. The summed E-state index contributed by atoms with van der Waals surface area (Å²) >= 11 is 0. The zero-order valence-electron chi connectivity index (χ0n) is 6.34. The number of aryl methyl sites for hydroxylation is 1. The fraction of sp³-hybridized carbons (Fsp3) is 0.500. The summed E-state index contributed by atoms with van der Waals surface area (Å²) in [5.41, 5.74) is 5.84. The second kappa shape index (κ2) is 3.04. The zero-order valence-corrected chi connectivity index (χ0v) is 6.34. The number of alkyl halides is 3. The van der Waals surface area contributed by atoms with E-state index in [-0.39, 0.29) is 5.69 Å². The highest BCUT2D eigenvalue weighted by Crippen LogP contribution is 2.19. The minimum atomic E-state index is -3.08. The molecular weight excluding hydrogens is 171 g/mol. The van der Waals surface area contributed by atoms with Crippen LogP contribution in [0.1, 0.15) is 12.0 Å². The smallest absolute Gasteiger partial charge is 0.289 e. The molecule has 1 rings (SSSR count). The van der Waals surface area contributed by atoms with Gasteiger partial charge in [-0.15, -0.1) is 0 Å². The number of anilines is 1. The Morgan fingerprint density at radius 1 is 1.50 bits per heavy atom. The maximum atomic E-state index is 12.5. The number of hydrogen-bond acceptors (Lipinski definition) is 2. The topological polar surface area (TPSA) is 43.8 Å². The Bertz CT molecular complexity index is 252. The van der Waals surface area contributed by atoms with E-state index >= 15 is 0 Å². The summed E-state index contributed by atoms with van der Waals surface area (Å²) < 4.78 is 36.6. The van der Waals surface area contributed by atoms with E-state index in [9.17, 15) is 13.2 Å². The van der Waals surface area contributed by atoms with Gasteiger partial charge >= 0.3 is 0 Å². The van der Waals surface area contributed by atoms with Crippen LogP contribution in [0.4, 0.5) is 18.9 Å². The van der Waals surface area contributed by atoms with Gasteiger partial charge in [-0.1, -0.05) is 0 Å². The van der Waals surface area contributed by atoms with Crippen LogP contribution in [0.2, 0.25) is 0 Å². The minimum Gasteiger partial charge on any atom is -0.396 e. The summed E-state index contributed by atoms with van der Waals surface area (Å²) in [5, 5.41) is 3.47. The standard InChI is InChI=1S/C6H8F3N3/c1-3-4(10)2-12(11-3)6(9)5(7)8/h2,5-6H,10H2,1H3. The monoisotopic (exact) mass is 179 g/mol. The lowest BCUT2D eigenvalue weighted by Crippen LogP contribution is -2.12. The van der Waals surface area contributed by atoms with Crippen LogP contribution in [0.3, 0.4) is 0 Å². The molecule has 0 aliphatic carbocycles. The summed E-state index contributed by atoms with van der Waals surface area (Å²) in [6.07, 6.45) is -4.45. The van der Waals surface area contributed by atoms with Crippen molar-refractivity contribution in [2.75, 3.05) is 5.73 Å². The Morgan fingerprint density at radius 2 is 2.08 bits per heavy atom. The van der Waals surface area contributed by atoms with Crippen LogP contribution in [-0.2, 0) is 0 Å². The molecule has 3 nitrogen and oxygen atoms in total. The quantitative estimate of drug-likeness (QED) is 0.747. The average molecular weight is 179 g/mol. The van der Waals surface area contributed by atoms with Crippen LogP contribution in [0, 0.1) is 6.92 Å². The van der Waals surface area contributed by atoms with Crippen molar-refractivity contribution in [1.82, 2.24) is 9.78 Å². The number of aromatic nitrogens is 2. The van der Waals surface area contributed by atoms with Gasteiger partial charge in [-0.2, -0.15) is 5.10 Å². The molecule has 0 spiro atoms. The highest BCUT2D eigenvalue weighted by Gasteiger charge is 2.22. The third kappa shape index (κ3) is 1.51. The average Bonchev–Trinajstić information content (AvgIpc) is 2.30. The van der Waals surface area contributed by atoms with Crippen LogP contribution < -0.4 is 5.73 Å². The van der Waals surface area contributed by atoms with Crippen LogP contribution in [-0.4, -0.2) is 16.2 Å². The van der Waals surface area contributed by atoms with Gasteiger partial charge in [-0.25, -0.2) is 17.9 Å². The van der Waals surface area contributed by atoms with Gasteiger partial charge in [-0.05, 0) is 6.92 Å². The molecule has 0 saturated carbocycles. The van der Waals surface area contributed by atoms with E-state index in [4.69, 9.17) is 5.73 Å². The largest absolute Gasteiger partial charge is 0.396 e. The first-order valence-electron chi connectivity index (χ1n) is 3.26. The number of nitrogens with zero attached hydrogens (tertiary/aromatic N) is 2. The number of halogens is 3. The SMILES string of the molecule is Cc1nn(C(F)C(F)F)cc1N. The molecule has 1 atom stereocenters. The van der Waals surface area contributed by atoms with Crippen LogP contribution in [0.15, 0.2) is 6.20 Å². The predicted octanol–water partition coefficient (Wildman–Crippen LogP) is 1.51. The lowest BCUT2D eigenvalue weighted by Gasteiger charge is -2.05. The van der Waals surface area contributed by atoms with Gasteiger partial charge in [0.25, 0.3) is 12.7 Å². The summed E-state index contributed by atoms with van der Waals surface area (Å²) in [7, 11) is 0. The molecule has 0 amide bonds. The van der Waals surface area contributed by atoms with E-state index in [2.05, 4.69) is 5.10 Å². The predicted molar refractivity (Wildman–Crippen MR) is 37.5 cm³/mol. The Labute approximate surface area is 67.0 Å². The Kier molecular flexibility index (Phi) is 2.25. The molecule has 0 radical (unpaired) electrons. The van der Waals surface area contributed by atoms with E-state index in [0.717, 1.165) is 6.20 Å². The van der Waals surface area contributed by atoms with Gasteiger partial charge in [-0.3, -0.25) is 0 Å². The molecule has 0 aliphatic heterocycles. The number of nitrogens with two attached hydrogens (primary N) is 1. The molecule has 0 fully saturated rings. The van der Waals surface area contributed by atoms with Gasteiger partial charge in [0.1, 0.15) is 0 Å². The molecule has 2 N–H and O–H groups in total. The van der Waals surface area contributed by atoms with Crippen molar-refractivity contribution in [3.63, 3.8) is 0 Å². The van der Waals surface area contributed by atoms with E-state index < -0.39 is 12.7 Å². The second-order valence-electron chi connectivity index (χ2n) is 2.36. The molecule has 0 saturated heterocycles. The summed E-state index contributed by atoms with van der Waals surface area (Å²) in [5.74, 6) is 0. The third-order valence-corrected chi connectivity index (χ3v) is 1.42. The van der Waals surface area contributed by atoms with Gasteiger partial charge in [0.2, 0.25) is 0 Å². The van der Waals surface area contributed by atoms with Gasteiger partial charge in [0, 0.05) is 0 Å². The fourth-order valence-electron chi connectivity index (χ4n) is 0.738. The normalized spacial score (nSPS) is 13.8. The first-order valence-corrected chi connectivity index (χ1v) is 3.26. The van der Waals surface area contributed by atoms with E-state index in [1.54, 1.807) is 0 Å². The summed E-state index contributed by atoms with van der Waals surface area (Å²) in [4.78, 5) is 0. The highest BCUT2D eigenvalue weighted by atomic mass is 19.3. The third-order valence-electron chi connectivity index (χ3n) is 1.42. The molecule has 68 valence electrons. The molecule has 0 bridgehead atoms. The first kappa shape index (κ1) is 8.89. The van der Waals surface area contributed by atoms with Crippen LogP contribution >= 0.6 is 0 Å². The van der Waals surface area contributed by atoms with Crippen LogP contribution in [0.25, 0.3) is 0 Å². The Hall–Kier alpha value is -1.20. The Balaban J connectivity index is 2.89. The Morgan fingerprint density at radius 3 is 2.42 bits per heavy atom. The first-order chi connectivity index (χ1) is 5.52. The summed E-state index contributed by atoms with van der Waals surface area (Å²) in [6.45, 7) is 1.52. The van der Waals surface area contributed by atoms with Crippen molar-refractivity contribution in [3.05, 3.63) is 11.9 Å². The van der Waals surface area contributed by atoms with Crippen molar-refractivity contribution in [1.29, 1.82) is 0 Å². The fourth-order valence-corrected chi connectivity index (χ4v) is 0.738. The minimum absolute atomic E-state index is 0.207. The van der Waals surface area contributed by atoms with Gasteiger partial charge in [0.05, 0.1) is 17.6 Å². The molecule has 1 aromatic heterocycles. The van der Waals surface area contributed by atoms with Crippen molar-refractivity contribution in [2.24, 2.45) is 0 Å². The van der Waals surface area contributed by atoms with Crippen molar-refractivity contribution in [3.8, 4) is 0 Å². The zero-order chi connectivity index (χ0) is 9.30. The van der Waals surface area contributed by atoms with E-state index in [1.165, 1.54) is 6.92 Å². The van der Waals surface area contributed by atoms with Crippen molar-refractivity contribution >= 4 is 5.69 Å². The molecule has 12 heavy (non-hydrogen) atoms. The van der Waals surface area contributed by atoms with Crippen molar-refractivity contribution < 1.29 is 13.2 Å².